The van der Waals surface area contributed by atoms with Crippen LogP contribution in [0.1, 0.15) is 65.0 Å². The molecule has 154 valence electrons. The Morgan fingerprint density at radius 1 is 1.17 bits per heavy atom. The molecule has 0 spiro atoms. The fraction of sp³-hybridized carbons (Fsp3) is 0.500. The molecular weight excluding hydrogens is 368 g/mol. The maximum absolute atomic E-state index is 12.9. The Morgan fingerprint density at radius 3 is 2.72 bits per heavy atom. The van der Waals surface area contributed by atoms with E-state index in [2.05, 4.69) is 22.5 Å². The number of fused-ring (bicyclic) bond motifs is 1. The van der Waals surface area contributed by atoms with Crippen LogP contribution in [0, 0.1) is 0 Å². The maximum atomic E-state index is 12.9. The molecule has 29 heavy (non-hydrogen) atoms. The monoisotopic (exact) mass is 396 g/mol. The third-order valence-corrected chi connectivity index (χ3v) is 5.67. The average Bonchev–Trinajstić information content (AvgIpc) is 3.40. The largest absolute Gasteiger partial charge is 0.376 e. The molecule has 7 nitrogen and oxygen atoms in total. The summed E-state index contributed by atoms with van der Waals surface area (Å²) < 4.78 is 7.48. The van der Waals surface area contributed by atoms with E-state index in [4.69, 9.17) is 4.74 Å². The van der Waals surface area contributed by atoms with E-state index in [0.717, 1.165) is 56.5 Å². The van der Waals surface area contributed by atoms with Crippen molar-refractivity contribution < 1.29 is 14.3 Å². The molecule has 7 heteroatoms. The van der Waals surface area contributed by atoms with E-state index in [1.54, 1.807) is 0 Å². The highest BCUT2D eigenvalue weighted by molar-refractivity contribution is 6.05. The van der Waals surface area contributed by atoms with Crippen LogP contribution in [0.5, 0.6) is 0 Å². The van der Waals surface area contributed by atoms with Gasteiger partial charge in [0, 0.05) is 25.4 Å². The van der Waals surface area contributed by atoms with Gasteiger partial charge < -0.3 is 19.9 Å². The van der Waals surface area contributed by atoms with Crippen LogP contribution in [-0.4, -0.2) is 40.6 Å². The molecule has 1 saturated heterocycles. The summed E-state index contributed by atoms with van der Waals surface area (Å²) in [5, 5.41) is 5.85. The summed E-state index contributed by atoms with van der Waals surface area (Å²) in [6.45, 7) is 4.04. The number of hydrogen-bond acceptors (Lipinski definition) is 4. The first-order valence-corrected chi connectivity index (χ1v) is 10.5. The van der Waals surface area contributed by atoms with Gasteiger partial charge in [-0.3, -0.25) is 9.59 Å². The fourth-order valence-corrected chi connectivity index (χ4v) is 4.00. The topological polar surface area (TPSA) is 85.2 Å². The third-order valence-electron chi connectivity index (χ3n) is 5.67. The van der Waals surface area contributed by atoms with Crippen molar-refractivity contribution in [3.8, 4) is 0 Å². The van der Waals surface area contributed by atoms with Gasteiger partial charge in [-0.15, -0.1) is 0 Å². The molecule has 1 aromatic heterocycles. The second kappa shape index (κ2) is 8.78. The number of aromatic nitrogens is 2. The van der Waals surface area contributed by atoms with Crippen molar-refractivity contribution in [2.75, 3.05) is 18.5 Å². The highest BCUT2D eigenvalue weighted by Gasteiger charge is 2.28. The highest BCUT2D eigenvalue weighted by Crippen LogP contribution is 2.22. The fourth-order valence-electron chi connectivity index (χ4n) is 4.00. The number of hydrogen-bond donors (Lipinski definition) is 2. The molecule has 2 aliphatic heterocycles. The predicted octanol–water partition coefficient (Wildman–Crippen LogP) is 2.94. The molecule has 3 heterocycles. The van der Waals surface area contributed by atoms with E-state index >= 15 is 0 Å². The van der Waals surface area contributed by atoms with Crippen molar-refractivity contribution in [3.05, 3.63) is 47.0 Å². The van der Waals surface area contributed by atoms with Gasteiger partial charge in [0.2, 0.25) is 0 Å². The Bertz CT molecular complexity index is 882. The second-order valence-corrected chi connectivity index (χ2v) is 7.69. The molecule has 0 radical (unpaired) electrons. The minimum atomic E-state index is -0.266. The Balaban J connectivity index is 1.51. The molecule has 1 atom stereocenters. The summed E-state index contributed by atoms with van der Waals surface area (Å²) in [5.74, 6) is -0.183. The number of amides is 2. The summed E-state index contributed by atoms with van der Waals surface area (Å²) in [6, 6.07) is 7.80. The Hall–Kier alpha value is -2.67. The summed E-state index contributed by atoms with van der Waals surface area (Å²) >= 11 is 0. The molecule has 4 rings (SSSR count). The number of benzene rings is 1. The molecule has 0 bridgehead atoms. The maximum Gasteiger partial charge on any atom is 0.287 e. The first kappa shape index (κ1) is 19.6. The second-order valence-electron chi connectivity index (χ2n) is 7.69. The zero-order chi connectivity index (χ0) is 20.2. The van der Waals surface area contributed by atoms with Gasteiger partial charge in [0.25, 0.3) is 11.8 Å². The Labute approximate surface area is 170 Å². The van der Waals surface area contributed by atoms with Crippen molar-refractivity contribution in [1.82, 2.24) is 14.9 Å². The van der Waals surface area contributed by atoms with E-state index in [-0.39, 0.29) is 17.9 Å². The standard InChI is InChI=1S/C22H28N4O3/c1-2-15-8-10-16(11-9-15)24-21(27)19-18-7-3-4-12-26(18)20(25-19)22(28)23-14-17-6-5-13-29-17/h8-11,17H,2-7,12-14H2,1H3,(H,23,28)(H,24,27). The first-order valence-electron chi connectivity index (χ1n) is 10.5. The van der Waals surface area contributed by atoms with Crippen LogP contribution in [0.25, 0.3) is 0 Å². The van der Waals surface area contributed by atoms with Crippen LogP contribution < -0.4 is 10.6 Å². The number of nitrogens with zero attached hydrogens (tertiary/aromatic N) is 2. The normalized spacial score (nSPS) is 18.3. The molecule has 1 aromatic carbocycles. The SMILES string of the molecule is CCc1ccc(NC(=O)c2nc(C(=O)NCC3CCCO3)n3c2CCCC3)cc1. The first-order chi connectivity index (χ1) is 14.2. The zero-order valence-corrected chi connectivity index (χ0v) is 16.9. The number of nitrogens with one attached hydrogen (secondary N) is 2. The van der Waals surface area contributed by atoms with Gasteiger partial charge in [-0.25, -0.2) is 4.98 Å². The lowest BCUT2D eigenvalue weighted by molar-refractivity contribution is 0.0845. The van der Waals surface area contributed by atoms with Gasteiger partial charge in [-0.2, -0.15) is 0 Å². The molecule has 1 unspecified atom stereocenters. The predicted molar refractivity (Wildman–Crippen MR) is 110 cm³/mol. The number of carbonyl (C=O) groups is 2. The molecule has 2 aliphatic rings. The van der Waals surface area contributed by atoms with Crippen molar-refractivity contribution in [3.63, 3.8) is 0 Å². The van der Waals surface area contributed by atoms with Crippen LogP contribution in [0.2, 0.25) is 0 Å². The number of carbonyl (C=O) groups excluding carboxylic acids is 2. The summed E-state index contributed by atoms with van der Waals surface area (Å²) in [4.78, 5) is 30.1. The number of anilines is 1. The lowest BCUT2D eigenvalue weighted by atomic mass is 10.1. The molecule has 0 saturated carbocycles. The lowest BCUT2D eigenvalue weighted by Gasteiger charge is -2.17. The van der Waals surface area contributed by atoms with Gasteiger partial charge in [0.05, 0.1) is 11.8 Å². The number of rotatable bonds is 6. The van der Waals surface area contributed by atoms with Gasteiger partial charge in [0.15, 0.2) is 11.5 Å². The van der Waals surface area contributed by atoms with Crippen LogP contribution in [0.15, 0.2) is 24.3 Å². The van der Waals surface area contributed by atoms with E-state index in [9.17, 15) is 9.59 Å². The molecule has 2 aromatic rings. The van der Waals surface area contributed by atoms with E-state index in [1.807, 2.05) is 28.8 Å². The lowest BCUT2D eigenvalue weighted by Crippen LogP contribution is -2.34. The summed E-state index contributed by atoms with van der Waals surface area (Å²) in [6.07, 6.45) is 5.75. The smallest absolute Gasteiger partial charge is 0.287 e. The van der Waals surface area contributed by atoms with Gasteiger partial charge >= 0.3 is 0 Å². The van der Waals surface area contributed by atoms with Crippen molar-refractivity contribution in [2.45, 2.75) is 58.1 Å². The molecular formula is C22H28N4O3. The Kier molecular flexibility index (Phi) is 5.94. The van der Waals surface area contributed by atoms with Crippen LogP contribution in [0.4, 0.5) is 5.69 Å². The van der Waals surface area contributed by atoms with Crippen molar-refractivity contribution in [1.29, 1.82) is 0 Å². The van der Waals surface area contributed by atoms with E-state index < -0.39 is 0 Å². The number of ether oxygens (including phenoxy) is 1. The summed E-state index contributed by atoms with van der Waals surface area (Å²) in [7, 11) is 0. The van der Waals surface area contributed by atoms with Crippen LogP contribution >= 0.6 is 0 Å². The van der Waals surface area contributed by atoms with Gasteiger partial charge in [0.1, 0.15) is 0 Å². The highest BCUT2D eigenvalue weighted by atomic mass is 16.5. The van der Waals surface area contributed by atoms with Gasteiger partial charge in [-0.05, 0) is 56.2 Å². The zero-order valence-electron chi connectivity index (χ0n) is 16.9. The van der Waals surface area contributed by atoms with Crippen molar-refractivity contribution in [2.24, 2.45) is 0 Å². The minimum absolute atomic E-state index is 0.0728. The number of imidazole rings is 1. The molecule has 2 amide bonds. The third kappa shape index (κ3) is 4.34. The molecule has 2 N–H and O–H groups in total. The van der Waals surface area contributed by atoms with E-state index in [1.165, 1.54) is 5.56 Å². The van der Waals surface area contributed by atoms with E-state index in [0.29, 0.717) is 24.6 Å². The average molecular weight is 396 g/mol. The quantitative estimate of drug-likeness (QED) is 0.786. The van der Waals surface area contributed by atoms with Gasteiger partial charge in [-0.1, -0.05) is 19.1 Å². The molecule has 0 aliphatic carbocycles. The van der Waals surface area contributed by atoms with Crippen LogP contribution in [0.3, 0.4) is 0 Å². The Morgan fingerprint density at radius 2 is 2.00 bits per heavy atom. The number of aryl methyl sites for hydroxylation is 1. The summed E-state index contributed by atoms with van der Waals surface area (Å²) in [5.41, 5.74) is 3.15. The van der Waals surface area contributed by atoms with Crippen LogP contribution in [-0.2, 0) is 24.1 Å². The van der Waals surface area contributed by atoms with Crippen molar-refractivity contribution >= 4 is 17.5 Å². The minimum Gasteiger partial charge on any atom is -0.376 e. The molecule has 1 fully saturated rings.